The number of carbonyl (C=O) groups is 1. The molecule has 0 bridgehead atoms. The molecule has 0 atom stereocenters. The molecule has 0 spiro atoms. The molecular weight excluding hydrogens is 440 g/mol. The molecular formula is C24H32N4O4S. The number of rotatable bonds is 8. The minimum atomic E-state index is -3.61. The Morgan fingerprint density at radius 1 is 1.03 bits per heavy atom. The zero-order chi connectivity index (χ0) is 23.4. The molecule has 2 aromatic rings. The molecule has 33 heavy (non-hydrogen) atoms. The Bertz CT molecular complexity index is 1100. The fraction of sp³-hybridized carbons (Fsp3) is 0.458. The first kappa shape index (κ1) is 23.5. The lowest BCUT2D eigenvalue weighted by Crippen LogP contribution is -2.37. The van der Waals surface area contributed by atoms with Crippen LogP contribution in [-0.4, -0.2) is 71.1 Å². The van der Waals surface area contributed by atoms with Crippen molar-refractivity contribution in [2.75, 3.05) is 67.6 Å². The van der Waals surface area contributed by atoms with Crippen LogP contribution < -0.4 is 15.1 Å². The molecule has 8 nitrogen and oxygen atoms in total. The highest BCUT2D eigenvalue weighted by atomic mass is 32.2. The van der Waals surface area contributed by atoms with Crippen LogP contribution in [0, 0.1) is 0 Å². The molecule has 2 aliphatic rings. The van der Waals surface area contributed by atoms with Crippen LogP contribution in [0.2, 0.25) is 0 Å². The van der Waals surface area contributed by atoms with E-state index in [1.54, 1.807) is 17.0 Å². The van der Waals surface area contributed by atoms with Gasteiger partial charge in [0.1, 0.15) is 0 Å². The van der Waals surface area contributed by atoms with Crippen LogP contribution in [0.5, 0.6) is 0 Å². The molecule has 1 saturated heterocycles. The molecule has 2 heterocycles. The van der Waals surface area contributed by atoms with Crippen molar-refractivity contribution in [3.8, 4) is 0 Å². The van der Waals surface area contributed by atoms with Gasteiger partial charge in [0.05, 0.1) is 36.0 Å². The topological polar surface area (TPSA) is 82.2 Å². The number of amides is 1. The van der Waals surface area contributed by atoms with Crippen molar-refractivity contribution < 1.29 is 17.9 Å². The van der Waals surface area contributed by atoms with Crippen molar-refractivity contribution in [1.82, 2.24) is 4.31 Å². The summed E-state index contributed by atoms with van der Waals surface area (Å²) in [5.74, 6) is -0.0371. The molecule has 9 heteroatoms. The predicted molar refractivity (Wildman–Crippen MR) is 131 cm³/mol. The van der Waals surface area contributed by atoms with Gasteiger partial charge in [-0.15, -0.1) is 0 Å². The van der Waals surface area contributed by atoms with Gasteiger partial charge in [-0.05, 0) is 36.2 Å². The van der Waals surface area contributed by atoms with Crippen LogP contribution >= 0.6 is 0 Å². The van der Waals surface area contributed by atoms with Crippen LogP contribution in [0.3, 0.4) is 0 Å². The van der Waals surface area contributed by atoms with Gasteiger partial charge in [0.15, 0.2) is 0 Å². The fourth-order valence-corrected chi connectivity index (χ4v) is 5.96. The SMILES string of the molecule is CCN(CC)S(=O)(=O)c1ccc(N2CCOCC2)c(NCC(=O)N2CCc3ccccc32)c1. The van der Waals surface area contributed by atoms with Gasteiger partial charge in [0.2, 0.25) is 15.9 Å². The number of anilines is 3. The number of para-hydroxylation sites is 1. The Morgan fingerprint density at radius 2 is 1.76 bits per heavy atom. The van der Waals surface area contributed by atoms with Crippen LogP contribution in [0.4, 0.5) is 17.1 Å². The van der Waals surface area contributed by atoms with Crippen LogP contribution in [0.15, 0.2) is 47.4 Å². The molecule has 4 rings (SSSR count). The maximum Gasteiger partial charge on any atom is 0.246 e. The summed E-state index contributed by atoms with van der Waals surface area (Å²) in [5, 5.41) is 3.25. The summed E-state index contributed by atoms with van der Waals surface area (Å²) in [7, 11) is -3.61. The number of sulfonamides is 1. The van der Waals surface area contributed by atoms with E-state index in [1.807, 2.05) is 44.2 Å². The van der Waals surface area contributed by atoms with E-state index in [-0.39, 0.29) is 17.3 Å². The molecule has 0 radical (unpaired) electrons. The molecule has 0 saturated carbocycles. The number of hydrogen-bond donors (Lipinski definition) is 1. The van der Waals surface area contributed by atoms with Crippen molar-refractivity contribution >= 4 is 33.0 Å². The lowest BCUT2D eigenvalue weighted by molar-refractivity contribution is -0.116. The third-order valence-electron chi connectivity index (χ3n) is 6.28. The van der Waals surface area contributed by atoms with Crippen molar-refractivity contribution in [1.29, 1.82) is 0 Å². The van der Waals surface area contributed by atoms with E-state index >= 15 is 0 Å². The fourth-order valence-electron chi connectivity index (χ4n) is 4.47. The number of morpholine rings is 1. The highest BCUT2D eigenvalue weighted by Crippen LogP contribution is 2.32. The van der Waals surface area contributed by atoms with E-state index in [0.29, 0.717) is 51.6 Å². The monoisotopic (exact) mass is 472 g/mol. The Labute approximate surface area is 196 Å². The number of carbonyl (C=O) groups excluding carboxylic acids is 1. The van der Waals surface area contributed by atoms with Gasteiger partial charge in [-0.2, -0.15) is 4.31 Å². The number of hydrogen-bond acceptors (Lipinski definition) is 6. The van der Waals surface area contributed by atoms with E-state index in [1.165, 1.54) is 9.87 Å². The van der Waals surface area contributed by atoms with Gasteiger partial charge in [-0.25, -0.2) is 8.42 Å². The molecule has 0 aromatic heterocycles. The van der Waals surface area contributed by atoms with Crippen molar-refractivity contribution in [2.45, 2.75) is 25.2 Å². The summed E-state index contributed by atoms with van der Waals surface area (Å²) >= 11 is 0. The summed E-state index contributed by atoms with van der Waals surface area (Å²) in [6.07, 6.45) is 0.846. The van der Waals surface area contributed by atoms with Gasteiger partial charge < -0.3 is 19.9 Å². The first-order chi connectivity index (χ1) is 16.0. The number of ether oxygens (including phenoxy) is 1. The maximum absolute atomic E-state index is 13.1. The zero-order valence-corrected chi connectivity index (χ0v) is 20.1. The third-order valence-corrected chi connectivity index (χ3v) is 8.33. The Balaban J connectivity index is 1.59. The average molecular weight is 473 g/mol. The van der Waals surface area contributed by atoms with Crippen molar-refractivity contribution in [3.05, 3.63) is 48.0 Å². The quantitative estimate of drug-likeness (QED) is 0.636. The summed E-state index contributed by atoms with van der Waals surface area (Å²) in [4.78, 5) is 17.2. The summed E-state index contributed by atoms with van der Waals surface area (Å²) in [5.41, 5.74) is 3.65. The van der Waals surface area contributed by atoms with E-state index in [4.69, 9.17) is 4.74 Å². The standard InChI is InChI=1S/C24H32N4O4S/c1-3-27(4-2)33(30,31)20-9-10-23(26-13-15-32-16-14-26)21(17-20)25-18-24(29)28-12-11-19-7-5-6-8-22(19)28/h5-10,17,25H,3-4,11-16,18H2,1-2H3. The zero-order valence-electron chi connectivity index (χ0n) is 19.3. The summed E-state index contributed by atoms with van der Waals surface area (Å²) in [6.45, 7) is 7.86. The normalized spacial score (nSPS) is 16.2. The highest BCUT2D eigenvalue weighted by Gasteiger charge is 2.26. The van der Waals surface area contributed by atoms with Gasteiger partial charge in [0.25, 0.3) is 0 Å². The van der Waals surface area contributed by atoms with Gasteiger partial charge in [-0.1, -0.05) is 32.0 Å². The van der Waals surface area contributed by atoms with E-state index in [9.17, 15) is 13.2 Å². The van der Waals surface area contributed by atoms with Crippen molar-refractivity contribution in [3.63, 3.8) is 0 Å². The van der Waals surface area contributed by atoms with Gasteiger partial charge in [0, 0.05) is 38.4 Å². The molecule has 178 valence electrons. The minimum Gasteiger partial charge on any atom is -0.378 e. The molecule has 1 amide bonds. The largest absolute Gasteiger partial charge is 0.378 e. The van der Waals surface area contributed by atoms with E-state index < -0.39 is 10.0 Å². The van der Waals surface area contributed by atoms with Crippen molar-refractivity contribution in [2.24, 2.45) is 0 Å². The summed E-state index contributed by atoms with van der Waals surface area (Å²) < 4.78 is 33.1. The Morgan fingerprint density at radius 3 is 2.48 bits per heavy atom. The second-order valence-electron chi connectivity index (χ2n) is 8.15. The van der Waals surface area contributed by atoms with Gasteiger partial charge in [-0.3, -0.25) is 4.79 Å². The second-order valence-corrected chi connectivity index (χ2v) is 10.1. The highest BCUT2D eigenvalue weighted by molar-refractivity contribution is 7.89. The van der Waals surface area contributed by atoms with E-state index in [0.717, 1.165) is 17.8 Å². The average Bonchev–Trinajstić information content (AvgIpc) is 3.28. The first-order valence-corrected chi connectivity index (χ1v) is 13.0. The summed E-state index contributed by atoms with van der Waals surface area (Å²) in [6, 6.07) is 13.1. The lowest BCUT2D eigenvalue weighted by Gasteiger charge is -2.31. The first-order valence-electron chi connectivity index (χ1n) is 11.5. The van der Waals surface area contributed by atoms with Crippen LogP contribution in [0.1, 0.15) is 19.4 Å². The lowest BCUT2D eigenvalue weighted by atomic mass is 10.2. The minimum absolute atomic E-state index is 0.0371. The number of benzene rings is 2. The second kappa shape index (κ2) is 10.1. The van der Waals surface area contributed by atoms with Crippen LogP contribution in [-0.2, 0) is 26.0 Å². The molecule has 1 fully saturated rings. The molecule has 2 aliphatic heterocycles. The number of nitrogens with one attached hydrogen (secondary N) is 1. The number of fused-ring (bicyclic) bond motifs is 1. The molecule has 0 unspecified atom stereocenters. The maximum atomic E-state index is 13.1. The van der Waals surface area contributed by atoms with Gasteiger partial charge >= 0.3 is 0 Å². The Hall–Kier alpha value is -2.62. The molecule has 0 aliphatic carbocycles. The third kappa shape index (κ3) is 4.85. The van der Waals surface area contributed by atoms with Crippen LogP contribution in [0.25, 0.3) is 0 Å². The predicted octanol–water partition coefficient (Wildman–Crippen LogP) is 2.55. The Kier molecular flexibility index (Phi) is 7.21. The van der Waals surface area contributed by atoms with E-state index in [2.05, 4.69) is 10.2 Å². The number of nitrogens with zero attached hydrogens (tertiary/aromatic N) is 3. The smallest absolute Gasteiger partial charge is 0.246 e. The molecule has 1 N–H and O–H groups in total. The molecule has 2 aromatic carbocycles.